The number of ether oxygens (including phenoxy) is 3. The van der Waals surface area contributed by atoms with Gasteiger partial charge in [0, 0.05) is 18.4 Å². The summed E-state index contributed by atoms with van der Waals surface area (Å²) >= 11 is 1.63. The average Bonchev–Trinajstić information content (AvgIpc) is 3.45. The van der Waals surface area contributed by atoms with Crippen molar-refractivity contribution in [2.75, 3.05) is 6.61 Å². The van der Waals surface area contributed by atoms with Crippen LogP contribution >= 0.6 is 11.3 Å². The molecule has 1 aromatic heterocycles. The lowest BCUT2D eigenvalue weighted by Crippen LogP contribution is -2.19. The zero-order valence-corrected chi connectivity index (χ0v) is 19.3. The van der Waals surface area contributed by atoms with Crippen molar-refractivity contribution in [3.05, 3.63) is 29.3 Å². The fourth-order valence-electron chi connectivity index (χ4n) is 3.59. The van der Waals surface area contributed by atoms with Crippen molar-refractivity contribution in [3.8, 4) is 16.3 Å². The van der Waals surface area contributed by atoms with Crippen molar-refractivity contribution < 1.29 is 19.0 Å². The first-order valence-electron chi connectivity index (χ1n) is 11.7. The molecule has 31 heavy (non-hydrogen) atoms. The predicted octanol–water partition coefficient (Wildman–Crippen LogP) is 6.93. The van der Waals surface area contributed by atoms with E-state index in [1.807, 2.05) is 12.1 Å². The molecular weight excluding hydrogens is 412 g/mol. The number of carbonyl (C=O) groups is 1. The molecule has 1 aromatic carbocycles. The fourth-order valence-corrected chi connectivity index (χ4v) is 4.48. The molecule has 0 amide bonds. The van der Waals surface area contributed by atoms with Crippen molar-refractivity contribution in [3.63, 3.8) is 0 Å². The summed E-state index contributed by atoms with van der Waals surface area (Å²) in [4.78, 5) is 11.8. The Kier molecular flexibility index (Phi) is 10.3. The van der Waals surface area contributed by atoms with Gasteiger partial charge in [-0.2, -0.15) is 0 Å². The molecule has 0 saturated carbocycles. The van der Waals surface area contributed by atoms with Crippen LogP contribution in [-0.2, 0) is 15.9 Å². The largest absolute Gasteiger partial charge is 0.516 e. The van der Waals surface area contributed by atoms with Crippen molar-refractivity contribution in [2.24, 2.45) is 0 Å². The van der Waals surface area contributed by atoms with Gasteiger partial charge in [-0.3, -0.25) is 0 Å². The number of unbranched alkanes of at least 4 members (excludes halogenated alkanes) is 8. The molecule has 0 aliphatic carbocycles. The van der Waals surface area contributed by atoms with Crippen molar-refractivity contribution >= 4 is 17.5 Å². The van der Waals surface area contributed by atoms with Crippen LogP contribution in [0.5, 0.6) is 5.75 Å². The first-order valence-corrected chi connectivity index (χ1v) is 12.5. The molecule has 6 nitrogen and oxygen atoms in total. The minimum absolute atomic E-state index is 0.436. The van der Waals surface area contributed by atoms with Gasteiger partial charge in [0.2, 0.25) is 6.29 Å². The predicted molar refractivity (Wildman–Crippen MR) is 122 cm³/mol. The molecule has 1 atom stereocenters. The van der Waals surface area contributed by atoms with E-state index in [1.54, 1.807) is 23.5 Å². The number of nitrogens with zero attached hydrogens (tertiary/aromatic N) is 2. The Hall–Kier alpha value is -1.99. The van der Waals surface area contributed by atoms with E-state index in [0.29, 0.717) is 18.8 Å². The Bertz CT molecular complexity index is 772. The van der Waals surface area contributed by atoms with E-state index in [4.69, 9.17) is 14.2 Å². The summed E-state index contributed by atoms with van der Waals surface area (Å²) in [5, 5.41) is 10.6. The van der Waals surface area contributed by atoms with Crippen LogP contribution in [0.25, 0.3) is 10.6 Å². The van der Waals surface area contributed by atoms with Gasteiger partial charge in [0.05, 0.1) is 6.61 Å². The number of hydrogen-bond donors (Lipinski definition) is 0. The molecule has 0 spiro atoms. The molecule has 0 N–H and O–H groups in total. The number of benzene rings is 1. The van der Waals surface area contributed by atoms with Crippen molar-refractivity contribution in [1.29, 1.82) is 0 Å². The van der Waals surface area contributed by atoms with Crippen LogP contribution in [-0.4, -0.2) is 29.2 Å². The number of aryl methyl sites for hydroxylation is 1. The minimum atomic E-state index is -0.737. The SMILES string of the molecule is CCCCCCCCCCCc1nnc(-c2ccc(OC(=O)O[C@@H]3CCCO3)cc2)s1. The normalized spacial score (nSPS) is 15.8. The molecule has 1 aliphatic rings. The molecule has 1 aliphatic heterocycles. The first kappa shape index (κ1) is 23.7. The summed E-state index contributed by atoms with van der Waals surface area (Å²) in [5.74, 6) is 0.436. The van der Waals surface area contributed by atoms with Crippen molar-refractivity contribution in [1.82, 2.24) is 10.2 Å². The lowest BCUT2D eigenvalue weighted by Gasteiger charge is -2.10. The third-order valence-corrected chi connectivity index (χ3v) is 6.41. The van der Waals surface area contributed by atoms with E-state index in [2.05, 4.69) is 17.1 Å². The summed E-state index contributed by atoms with van der Waals surface area (Å²) < 4.78 is 15.6. The quantitative estimate of drug-likeness (QED) is 0.189. The van der Waals surface area contributed by atoms with Gasteiger partial charge in [0.1, 0.15) is 15.8 Å². The van der Waals surface area contributed by atoms with Gasteiger partial charge in [-0.15, -0.1) is 10.2 Å². The molecule has 0 unspecified atom stereocenters. The highest BCUT2D eigenvalue weighted by molar-refractivity contribution is 7.14. The van der Waals surface area contributed by atoms with Crippen LogP contribution in [0.15, 0.2) is 24.3 Å². The molecule has 1 fully saturated rings. The second-order valence-electron chi connectivity index (χ2n) is 8.02. The summed E-state index contributed by atoms with van der Waals surface area (Å²) in [5.41, 5.74) is 0.968. The summed E-state index contributed by atoms with van der Waals surface area (Å²) in [6.45, 7) is 2.88. The summed E-state index contributed by atoms with van der Waals surface area (Å²) in [6, 6.07) is 7.26. The van der Waals surface area contributed by atoms with E-state index in [0.717, 1.165) is 28.4 Å². The van der Waals surface area contributed by atoms with Gasteiger partial charge < -0.3 is 14.2 Å². The van der Waals surface area contributed by atoms with Gasteiger partial charge in [-0.25, -0.2) is 4.79 Å². The van der Waals surface area contributed by atoms with Gasteiger partial charge in [-0.05, 0) is 37.1 Å². The van der Waals surface area contributed by atoms with Gasteiger partial charge in [0.15, 0.2) is 0 Å². The third-order valence-electron chi connectivity index (χ3n) is 5.38. The maximum absolute atomic E-state index is 11.8. The highest BCUT2D eigenvalue weighted by Crippen LogP contribution is 2.27. The van der Waals surface area contributed by atoms with Gasteiger partial charge in [0.25, 0.3) is 0 Å². The second-order valence-corrected chi connectivity index (χ2v) is 9.08. The van der Waals surface area contributed by atoms with Gasteiger partial charge in [-0.1, -0.05) is 69.6 Å². The Balaban J connectivity index is 1.34. The third kappa shape index (κ3) is 8.57. The van der Waals surface area contributed by atoms with E-state index in [1.165, 1.54) is 57.8 Å². The zero-order chi connectivity index (χ0) is 21.7. The molecule has 2 aromatic rings. The average molecular weight is 447 g/mol. The lowest BCUT2D eigenvalue weighted by atomic mass is 10.1. The fraction of sp³-hybridized carbons (Fsp3) is 0.625. The number of hydrogen-bond acceptors (Lipinski definition) is 7. The maximum atomic E-state index is 11.8. The van der Waals surface area contributed by atoms with Crippen LogP contribution in [0.1, 0.15) is 82.6 Å². The Labute approximate surface area is 189 Å². The zero-order valence-electron chi connectivity index (χ0n) is 18.5. The standard InChI is InChI=1S/C24H34N2O4S/c1-2-3-4-5-6-7-8-9-10-12-21-25-26-23(31-21)19-14-16-20(17-15-19)29-24(27)30-22-13-11-18-28-22/h14-17,22H,2-13,18H2,1H3/t22-/m1/s1. The second kappa shape index (κ2) is 13.4. The smallest absolute Gasteiger partial charge is 0.404 e. The molecule has 3 rings (SSSR count). The summed E-state index contributed by atoms with van der Waals surface area (Å²) in [6.07, 6.45) is 13.3. The van der Waals surface area contributed by atoms with Crippen LogP contribution in [0.2, 0.25) is 0 Å². The number of carbonyl (C=O) groups excluding carboxylic acids is 1. The molecule has 2 heterocycles. The van der Waals surface area contributed by atoms with E-state index in [9.17, 15) is 4.79 Å². The van der Waals surface area contributed by atoms with Gasteiger partial charge >= 0.3 is 6.16 Å². The topological polar surface area (TPSA) is 70.5 Å². The van der Waals surface area contributed by atoms with E-state index < -0.39 is 12.4 Å². The minimum Gasteiger partial charge on any atom is -0.404 e. The number of rotatable bonds is 13. The summed E-state index contributed by atoms with van der Waals surface area (Å²) in [7, 11) is 0. The Morgan fingerprint density at radius 2 is 1.74 bits per heavy atom. The maximum Gasteiger partial charge on any atom is 0.516 e. The van der Waals surface area contributed by atoms with Crippen LogP contribution < -0.4 is 4.74 Å². The monoisotopic (exact) mass is 446 g/mol. The van der Waals surface area contributed by atoms with E-state index in [-0.39, 0.29) is 0 Å². The molecule has 0 radical (unpaired) electrons. The molecule has 1 saturated heterocycles. The van der Waals surface area contributed by atoms with Crippen molar-refractivity contribution in [2.45, 2.75) is 90.3 Å². The molecule has 0 bridgehead atoms. The highest BCUT2D eigenvalue weighted by atomic mass is 32.1. The van der Waals surface area contributed by atoms with Crippen LogP contribution in [0, 0.1) is 0 Å². The molecule has 7 heteroatoms. The lowest BCUT2D eigenvalue weighted by molar-refractivity contribution is -0.0809. The molecule has 170 valence electrons. The first-order chi connectivity index (χ1) is 15.2. The highest BCUT2D eigenvalue weighted by Gasteiger charge is 2.21. The van der Waals surface area contributed by atoms with Crippen LogP contribution in [0.4, 0.5) is 4.79 Å². The van der Waals surface area contributed by atoms with E-state index >= 15 is 0 Å². The molecular formula is C24H34N2O4S. The Morgan fingerprint density at radius 1 is 1.03 bits per heavy atom. The Morgan fingerprint density at radius 3 is 2.42 bits per heavy atom. The van der Waals surface area contributed by atoms with Crippen LogP contribution in [0.3, 0.4) is 0 Å². The number of aromatic nitrogens is 2.